The molecule has 16 heteroatoms. The van der Waals surface area contributed by atoms with Gasteiger partial charge < -0.3 is 49.6 Å². The number of morpholine rings is 2. The van der Waals surface area contributed by atoms with Crippen molar-refractivity contribution in [2.75, 3.05) is 66.7 Å². The lowest BCUT2D eigenvalue weighted by molar-refractivity contribution is -0.869. The van der Waals surface area contributed by atoms with E-state index in [0.29, 0.717) is 52.6 Å². The molecule has 184 valence electrons. The highest BCUT2D eigenvalue weighted by Gasteiger charge is 2.28. The number of hydroxylamine groups is 6. The van der Waals surface area contributed by atoms with Crippen LogP contribution in [0.5, 0.6) is 0 Å². The van der Waals surface area contributed by atoms with Crippen LogP contribution < -0.4 is 0 Å². The van der Waals surface area contributed by atoms with Gasteiger partial charge in [-0.3, -0.25) is 0 Å². The largest absolute Gasteiger partial charge is 0.633 e. The van der Waals surface area contributed by atoms with E-state index in [4.69, 9.17) is 99.5 Å². The maximum atomic E-state index is 11.0. The second kappa shape index (κ2) is 15.3. The minimum Gasteiger partial charge on any atom is -0.633 e. The van der Waals surface area contributed by atoms with Crippen LogP contribution in [0.15, 0.2) is 0 Å². The summed E-state index contributed by atoms with van der Waals surface area (Å²) < 4.78 is 5.78. The van der Waals surface area contributed by atoms with Crippen LogP contribution >= 0.6 is 69.6 Å². The van der Waals surface area contributed by atoms with Gasteiger partial charge in [-0.15, -0.1) is 0 Å². The van der Waals surface area contributed by atoms with Crippen molar-refractivity contribution in [2.24, 2.45) is 0 Å². The average Bonchev–Trinajstić information content (AvgIpc) is 2.54. The van der Waals surface area contributed by atoms with Crippen LogP contribution in [0.4, 0.5) is 0 Å². The fourth-order valence-electron chi connectivity index (χ4n) is 1.46. The fraction of sp³-hybridized carbons (Fsp3) is 1.00. The fourth-order valence-corrected chi connectivity index (χ4v) is 1.46. The number of hydrogen-bond donors (Lipinski definition) is 4. The van der Waals surface area contributed by atoms with Crippen molar-refractivity contribution in [3.8, 4) is 0 Å². The number of aliphatic hydroxyl groups is 4. The number of likely N-dealkylation sites (N-methyl/N-ethyl adjacent to an activating group) is 2. The van der Waals surface area contributed by atoms with Crippen LogP contribution in [-0.2, 0) is 9.47 Å². The van der Waals surface area contributed by atoms with Gasteiger partial charge in [0, 0.05) is 0 Å². The van der Waals surface area contributed by atoms with Crippen LogP contribution in [0.1, 0.15) is 0 Å². The molecule has 0 radical (unpaired) electrons. The molecule has 2 heterocycles. The third-order valence-corrected chi connectivity index (χ3v) is 4.59. The van der Waals surface area contributed by atoms with E-state index in [0.717, 1.165) is 0 Å². The Morgan fingerprint density at radius 3 is 0.867 bits per heavy atom. The molecule has 0 amide bonds. The zero-order chi connectivity index (χ0) is 24.2. The van der Waals surface area contributed by atoms with Crippen molar-refractivity contribution in [3.63, 3.8) is 0 Å². The molecule has 4 N–H and O–H groups in total. The molecule has 30 heavy (non-hydrogen) atoms. The lowest BCUT2D eigenvalue weighted by Crippen LogP contribution is -2.46. The molecular weight excluding hydrogens is 537 g/mol. The summed E-state index contributed by atoms with van der Waals surface area (Å²) >= 11 is 29.4. The minimum absolute atomic E-state index is 0.125. The first kappa shape index (κ1) is 33.5. The number of rotatable bonds is 0. The van der Waals surface area contributed by atoms with Gasteiger partial charge in [0.25, 0.3) is 0 Å². The molecule has 0 aromatic rings. The molecule has 0 unspecified atom stereocenters. The molecule has 10 nitrogen and oxygen atoms in total. The Kier molecular flexibility index (Phi) is 17.1. The van der Waals surface area contributed by atoms with E-state index < -0.39 is 20.2 Å². The lowest BCUT2D eigenvalue weighted by atomic mass is 10.4. The highest BCUT2D eigenvalue weighted by molar-refractivity contribution is 6.68. The lowest BCUT2D eigenvalue weighted by Gasteiger charge is -2.41. The quantitative estimate of drug-likeness (QED) is 0.149. The van der Waals surface area contributed by atoms with Gasteiger partial charge >= 0.3 is 0 Å². The van der Waals surface area contributed by atoms with Gasteiger partial charge in [0.2, 0.25) is 7.59 Å². The van der Waals surface area contributed by atoms with Gasteiger partial charge in [-0.05, 0) is 0 Å². The van der Waals surface area contributed by atoms with E-state index in [1.807, 2.05) is 0 Å². The Morgan fingerprint density at radius 1 is 0.633 bits per heavy atom. The SMILES string of the molecule is C[N+]1([O-])CCOCC1.C[N+]1([O-])CCOCC1.OC(O)C(Cl)(Cl)Cl.OC(O)C(Cl)(Cl)Cl. The number of nitrogens with zero attached hydrogens (tertiary/aromatic N) is 2. The first-order chi connectivity index (χ1) is 13.3. The molecule has 2 aliphatic rings. The standard InChI is InChI=1S/2C5H11NO2.2C2H3Cl3O2/c2*1-6(7)2-4-8-5-3-6;2*3-2(4,5)1(6)7/h2*2-5H2,1H3;2*1,6-7H. The van der Waals surface area contributed by atoms with Crippen LogP contribution in [0.2, 0.25) is 0 Å². The molecule has 0 atom stereocenters. The van der Waals surface area contributed by atoms with Crippen LogP contribution in [-0.4, -0.2) is 117 Å². The summed E-state index contributed by atoms with van der Waals surface area (Å²) in [6.07, 6.45) is -3.81. The van der Waals surface area contributed by atoms with Crippen molar-refractivity contribution >= 4 is 69.6 Å². The number of ether oxygens (including phenoxy) is 2. The highest BCUT2D eigenvalue weighted by atomic mass is 35.6. The van der Waals surface area contributed by atoms with Gasteiger partial charge in [-0.25, -0.2) is 0 Å². The number of alkyl halides is 6. The molecular formula is C14H28Cl6N2O8. The summed E-state index contributed by atoms with van der Waals surface area (Å²) in [7, 11) is 3.37. The van der Waals surface area contributed by atoms with Crippen molar-refractivity contribution in [1.82, 2.24) is 0 Å². The second-order valence-corrected chi connectivity index (χ2v) is 11.3. The van der Waals surface area contributed by atoms with E-state index in [9.17, 15) is 10.4 Å². The third kappa shape index (κ3) is 21.2. The Hall–Kier alpha value is 1.34. The van der Waals surface area contributed by atoms with Crippen molar-refractivity contribution in [1.29, 1.82) is 0 Å². The van der Waals surface area contributed by atoms with Gasteiger partial charge in [0.05, 0.1) is 40.5 Å². The van der Waals surface area contributed by atoms with Crippen molar-refractivity contribution < 1.29 is 39.2 Å². The molecule has 0 bridgehead atoms. The van der Waals surface area contributed by atoms with Crippen LogP contribution in [0.25, 0.3) is 0 Å². The molecule has 0 saturated carbocycles. The third-order valence-electron chi connectivity index (χ3n) is 3.42. The molecule has 0 aromatic carbocycles. The van der Waals surface area contributed by atoms with Crippen molar-refractivity contribution in [2.45, 2.75) is 20.2 Å². The predicted octanol–water partition coefficient (Wildman–Crippen LogP) is 1.26. The smallest absolute Gasteiger partial charge is 0.240 e. The Labute approximate surface area is 205 Å². The molecule has 0 aliphatic carbocycles. The molecule has 2 aliphatic heterocycles. The first-order valence-corrected chi connectivity index (χ1v) is 10.7. The van der Waals surface area contributed by atoms with E-state index in [1.54, 1.807) is 14.1 Å². The van der Waals surface area contributed by atoms with E-state index in [1.165, 1.54) is 0 Å². The molecule has 0 spiro atoms. The van der Waals surface area contributed by atoms with E-state index in [-0.39, 0.29) is 9.29 Å². The van der Waals surface area contributed by atoms with Crippen molar-refractivity contribution in [3.05, 3.63) is 10.4 Å². The normalized spacial score (nSPS) is 20.8. The summed E-state index contributed by atoms with van der Waals surface area (Å²) in [5.74, 6) is 0. The predicted molar refractivity (Wildman–Crippen MR) is 117 cm³/mol. The number of aliphatic hydroxyl groups excluding tert-OH is 2. The maximum Gasteiger partial charge on any atom is 0.240 e. The van der Waals surface area contributed by atoms with E-state index >= 15 is 0 Å². The number of hydrogen-bond acceptors (Lipinski definition) is 8. The Balaban J connectivity index is 0. The molecule has 0 aromatic heterocycles. The maximum absolute atomic E-state index is 11.0. The van der Waals surface area contributed by atoms with Gasteiger partial charge in [-0.1, -0.05) is 69.6 Å². The summed E-state index contributed by atoms with van der Waals surface area (Å²) in [6, 6.07) is 0. The highest BCUT2D eigenvalue weighted by Crippen LogP contribution is 2.28. The molecule has 2 rings (SSSR count). The average molecular weight is 565 g/mol. The van der Waals surface area contributed by atoms with Crippen LogP contribution in [0, 0.1) is 10.4 Å². The summed E-state index contributed by atoms with van der Waals surface area (Å²) in [4.78, 5) is 0. The first-order valence-electron chi connectivity index (χ1n) is 8.42. The summed E-state index contributed by atoms with van der Waals surface area (Å²) in [5, 5.41) is 54.2. The number of quaternary nitrogens is 2. The second-order valence-electron chi connectivity index (χ2n) is 6.54. The molecule has 2 saturated heterocycles. The minimum atomic E-state index is -1.97. The van der Waals surface area contributed by atoms with E-state index in [2.05, 4.69) is 0 Å². The van der Waals surface area contributed by atoms with Gasteiger partial charge in [-0.2, -0.15) is 0 Å². The Morgan fingerprint density at radius 2 is 0.800 bits per heavy atom. The van der Waals surface area contributed by atoms with Gasteiger partial charge in [0.1, 0.15) is 26.2 Å². The number of halogens is 6. The topological polar surface area (TPSA) is 146 Å². The summed E-state index contributed by atoms with van der Waals surface area (Å²) in [6.45, 7) is 4.94. The zero-order valence-corrected chi connectivity index (χ0v) is 20.9. The Bertz CT molecular complexity index is 391. The van der Waals surface area contributed by atoms with Crippen LogP contribution in [0.3, 0.4) is 0 Å². The zero-order valence-electron chi connectivity index (χ0n) is 16.4. The van der Waals surface area contributed by atoms with Gasteiger partial charge in [0.15, 0.2) is 12.6 Å². The monoisotopic (exact) mass is 562 g/mol. The molecule has 2 fully saturated rings. The summed E-state index contributed by atoms with van der Waals surface area (Å²) in [5.41, 5.74) is 0.